The standard InChI is InChI=1S/C38H26F6N4/c1-23-6-15-33-31(20-23)30-17-19-46-22-35(30)48(33)27-13-9-25(10-14-27)36(37(39,40)41,38(42,43)44)24-7-11-26(12-8-24)47-32-5-3-2-4-28(32)29-16-18-45-21-34(29)47/h2-19,21-23H,20H2,1H3. The monoisotopic (exact) mass is 652 g/mol. The molecule has 0 spiro atoms. The Morgan fingerprint density at radius 1 is 0.604 bits per heavy atom. The Balaban J connectivity index is 1.28. The Kier molecular flexibility index (Phi) is 6.60. The second-order valence-electron chi connectivity index (χ2n) is 12.2. The van der Waals surface area contributed by atoms with E-state index in [1.54, 1.807) is 29.4 Å². The highest BCUT2D eigenvalue weighted by molar-refractivity contribution is 6.08. The van der Waals surface area contributed by atoms with Crippen LogP contribution in [0.4, 0.5) is 26.3 Å². The number of fused-ring (bicyclic) bond motifs is 6. The molecule has 7 aromatic rings. The van der Waals surface area contributed by atoms with Crippen LogP contribution >= 0.6 is 0 Å². The molecule has 1 aliphatic rings. The van der Waals surface area contributed by atoms with Gasteiger partial charge in [-0.2, -0.15) is 26.3 Å². The molecule has 240 valence electrons. The largest absolute Gasteiger partial charge is 0.411 e. The fraction of sp³-hybridized carbons (Fsp3) is 0.158. The predicted octanol–water partition coefficient (Wildman–Crippen LogP) is 10.1. The summed E-state index contributed by atoms with van der Waals surface area (Å²) in [6.07, 6.45) is -0.106. The average molecular weight is 653 g/mol. The third kappa shape index (κ3) is 4.24. The Labute approximate surface area is 270 Å². The van der Waals surface area contributed by atoms with Crippen molar-refractivity contribution in [3.63, 3.8) is 0 Å². The van der Waals surface area contributed by atoms with Crippen LogP contribution in [0, 0.1) is 5.92 Å². The molecule has 0 amide bonds. The molecule has 1 unspecified atom stereocenters. The van der Waals surface area contributed by atoms with Crippen LogP contribution in [0.15, 0.2) is 116 Å². The van der Waals surface area contributed by atoms with Gasteiger partial charge in [0.1, 0.15) is 0 Å². The molecule has 4 heterocycles. The minimum Gasteiger partial charge on any atom is -0.308 e. The lowest BCUT2D eigenvalue weighted by molar-refractivity contribution is -0.288. The van der Waals surface area contributed by atoms with Gasteiger partial charge in [-0.05, 0) is 77.6 Å². The number of halogens is 6. The fourth-order valence-electron chi connectivity index (χ4n) is 7.33. The summed E-state index contributed by atoms with van der Waals surface area (Å²) >= 11 is 0. The third-order valence-electron chi connectivity index (χ3n) is 9.47. The van der Waals surface area contributed by atoms with Gasteiger partial charge in [-0.25, -0.2) is 0 Å². The molecule has 0 bridgehead atoms. The van der Waals surface area contributed by atoms with Crippen molar-refractivity contribution in [1.29, 1.82) is 0 Å². The first-order valence-corrected chi connectivity index (χ1v) is 15.3. The Morgan fingerprint density at radius 2 is 1.12 bits per heavy atom. The third-order valence-corrected chi connectivity index (χ3v) is 9.47. The van der Waals surface area contributed by atoms with E-state index in [4.69, 9.17) is 0 Å². The van der Waals surface area contributed by atoms with Crippen LogP contribution in [0.25, 0.3) is 50.2 Å². The van der Waals surface area contributed by atoms with Crippen LogP contribution in [0.2, 0.25) is 0 Å². The van der Waals surface area contributed by atoms with Gasteiger partial charge >= 0.3 is 12.4 Å². The van der Waals surface area contributed by atoms with Crippen molar-refractivity contribution in [2.24, 2.45) is 5.92 Å². The van der Waals surface area contributed by atoms with Gasteiger partial charge in [-0.3, -0.25) is 9.97 Å². The van der Waals surface area contributed by atoms with Crippen LogP contribution in [0.1, 0.15) is 29.3 Å². The van der Waals surface area contributed by atoms with Gasteiger partial charge in [-0.1, -0.05) is 55.5 Å². The lowest BCUT2D eigenvalue weighted by atomic mass is 9.73. The van der Waals surface area contributed by atoms with Crippen LogP contribution in [0.5, 0.6) is 0 Å². The average Bonchev–Trinajstić information content (AvgIpc) is 3.57. The molecule has 0 aliphatic heterocycles. The van der Waals surface area contributed by atoms with Crippen LogP contribution < -0.4 is 0 Å². The zero-order valence-corrected chi connectivity index (χ0v) is 25.4. The second kappa shape index (κ2) is 10.6. The number of allylic oxidation sites excluding steroid dienone is 1. The quantitative estimate of drug-likeness (QED) is 0.178. The van der Waals surface area contributed by atoms with E-state index in [0.29, 0.717) is 16.9 Å². The minimum atomic E-state index is -5.72. The van der Waals surface area contributed by atoms with Crippen LogP contribution in [-0.2, 0) is 11.8 Å². The maximum absolute atomic E-state index is 15.1. The van der Waals surface area contributed by atoms with Crippen LogP contribution in [-0.4, -0.2) is 31.5 Å². The zero-order chi connectivity index (χ0) is 33.4. The van der Waals surface area contributed by atoms with Gasteiger partial charge in [0, 0.05) is 45.6 Å². The number of para-hydroxylation sites is 1. The van der Waals surface area contributed by atoms with E-state index in [2.05, 4.69) is 16.9 Å². The first-order chi connectivity index (χ1) is 23.0. The summed E-state index contributed by atoms with van der Waals surface area (Å²) < 4.78 is 94.3. The SMILES string of the molecule is CC1C=Cc2c(c3ccncc3n2-c2ccc(C(c3ccc(-n4c5ccccc5c5ccncc54)cc3)(C(F)(F)F)C(F)(F)F)cc2)C1. The number of rotatable bonds is 4. The highest BCUT2D eigenvalue weighted by Gasteiger charge is 2.72. The first-order valence-electron chi connectivity index (χ1n) is 15.3. The number of aromatic nitrogens is 4. The van der Waals surface area contributed by atoms with E-state index in [9.17, 15) is 0 Å². The topological polar surface area (TPSA) is 35.6 Å². The summed E-state index contributed by atoms with van der Waals surface area (Å²) in [5.74, 6) is 0.282. The molecule has 48 heavy (non-hydrogen) atoms. The first kappa shape index (κ1) is 30.0. The Morgan fingerprint density at radius 3 is 1.73 bits per heavy atom. The summed E-state index contributed by atoms with van der Waals surface area (Å²) in [4.78, 5) is 8.43. The highest BCUT2D eigenvalue weighted by atomic mass is 19.4. The smallest absolute Gasteiger partial charge is 0.308 e. The lowest BCUT2D eigenvalue weighted by Crippen LogP contribution is -2.54. The lowest BCUT2D eigenvalue weighted by Gasteiger charge is -2.38. The molecule has 4 nitrogen and oxygen atoms in total. The summed E-state index contributed by atoms with van der Waals surface area (Å²) in [5.41, 5.74) is -1.24. The van der Waals surface area contributed by atoms with Crippen LogP contribution in [0.3, 0.4) is 0 Å². The number of nitrogens with zero attached hydrogens (tertiary/aromatic N) is 4. The molecule has 4 aromatic heterocycles. The molecule has 0 saturated heterocycles. The van der Waals surface area contributed by atoms with Crippen molar-refractivity contribution < 1.29 is 26.3 Å². The van der Waals surface area contributed by atoms with Crippen molar-refractivity contribution in [3.05, 3.63) is 138 Å². The van der Waals surface area contributed by atoms with E-state index in [0.717, 1.165) is 69.1 Å². The maximum Gasteiger partial charge on any atom is 0.411 e. The maximum atomic E-state index is 15.1. The molecule has 0 N–H and O–H groups in total. The normalized spacial score (nSPS) is 15.4. The summed E-state index contributed by atoms with van der Waals surface area (Å²) in [7, 11) is 0. The fourth-order valence-corrected chi connectivity index (χ4v) is 7.33. The molecule has 3 aromatic carbocycles. The van der Waals surface area contributed by atoms with Gasteiger partial charge in [0.25, 0.3) is 0 Å². The minimum absolute atomic E-state index is 0.282. The molecule has 8 rings (SSSR count). The van der Waals surface area contributed by atoms with Gasteiger partial charge < -0.3 is 9.13 Å². The van der Waals surface area contributed by atoms with Crippen molar-refractivity contribution in [1.82, 2.24) is 19.1 Å². The van der Waals surface area contributed by atoms with Crippen molar-refractivity contribution in [2.75, 3.05) is 0 Å². The van der Waals surface area contributed by atoms with E-state index >= 15 is 26.3 Å². The summed E-state index contributed by atoms with van der Waals surface area (Å²) in [6.45, 7) is 2.08. The van der Waals surface area contributed by atoms with Crippen molar-refractivity contribution in [3.8, 4) is 11.4 Å². The van der Waals surface area contributed by atoms with E-state index in [-0.39, 0.29) is 5.92 Å². The van der Waals surface area contributed by atoms with Gasteiger partial charge in [0.05, 0.1) is 28.9 Å². The van der Waals surface area contributed by atoms with Crippen molar-refractivity contribution >= 4 is 38.8 Å². The number of hydrogen-bond donors (Lipinski definition) is 0. The second-order valence-corrected chi connectivity index (χ2v) is 12.2. The van der Waals surface area contributed by atoms with Crippen molar-refractivity contribution in [2.45, 2.75) is 31.1 Å². The molecule has 1 atom stereocenters. The zero-order valence-electron chi connectivity index (χ0n) is 25.4. The van der Waals surface area contributed by atoms with Gasteiger partial charge in [0.2, 0.25) is 5.41 Å². The number of hydrogen-bond acceptors (Lipinski definition) is 2. The molecular weight excluding hydrogens is 626 g/mol. The number of pyridine rings is 2. The number of benzene rings is 3. The van der Waals surface area contributed by atoms with E-state index in [1.165, 1.54) is 24.3 Å². The molecule has 0 fully saturated rings. The molecule has 1 aliphatic carbocycles. The Bertz CT molecular complexity index is 2290. The summed E-state index contributed by atoms with van der Waals surface area (Å²) in [6, 6.07) is 20.1. The molecule has 10 heteroatoms. The molecular formula is C38H26F6N4. The molecule has 0 saturated carbocycles. The van der Waals surface area contributed by atoms with E-state index in [1.807, 2.05) is 53.1 Å². The van der Waals surface area contributed by atoms with Gasteiger partial charge in [-0.15, -0.1) is 0 Å². The van der Waals surface area contributed by atoms with Gasteiger partial charge in [0.15, 0.2) is 0 Å². The molecule has 0 radical (unpaired) electrons. The highest BCUT2D eigenvalue weighted by Crippen LogP contribution is 2.56. The Hall–Kier alpha value is -5.38. The van der Waals surface area contributed by atoms with E-state index < -0.39 is 28.9 Å². The number of alkyl halides is 6. The summed E-state index contributed by atoms with van der Waals surface area (Å²) in [5, 5.41) is 2.69. The predicted molar refractivity (Wildman–Crippen MR) is 174 cm³/mol.